The Morgan fingerprint density at radius 2 is 1.58 bits per heavy atom. The normalized spacial score (nSPS) is 12.6. The molecule has 0 aliphatic heterocycles. The highest BCUT2D eigenvalue weighted by Gasteiger charge is 2.39. The standard InChI is InChI=1S/C16H29NOSi/c1-12-10-14(8-9-17)11-13(2)15(12)18-19(6,7)16(3,4)5/h10-11H,8-9,17H2,1-7H3. The molecule has 108 valence electrons. The van der Waals surface area contributed by atoms with Crippen LogP contribution in [-0.4, -0.2) is 14.9 Å². The molecule has 0 bridgehead atoms. The van der Waals surface area contributed by atoms with E-state index < -0.39 is 8.32 Å². The largest absolute Gasteiger partial charge is 0.543 e. The minimum atomic E-state index is -1.77. The summed E-state index contributed by atoms with van der Waals surface area (Å²) >= 11 is 0. The molecular weight excluding hydrogens is 250 g/mol. The van der Waals surface area contributed by atoms with Gasteiger partial charge in [0, 0.05) is 0 Å². The zero-order chi connectivity index (χ0) is 14.8. The predicted octanol–water partition coefficient (Wildman–Crippen LogP) is 4.19. The molecule has 1 aromatic carbocycles. The molecule has 0 fully saturated rings. The zero-order valence-electron chi connectivity index (χ0n) is 13.6. The Kier molecular flexibility index (Phi) is 4.85. The van der Waals surface area contributed by atoms with Crippen LogP contribution in [0.15, 0.2) is 12.1 Å². The van der Waals surface area contributed by atoms with Crippen molar-refractivity contribution in [2.75, 3.05) is 6.54 Å². The maximum atomic E-state index is 6.47. The summed E-state index contributed by atoms with van der Waals surface area (Å²) in [4.78, 5) is 0. The molecule has 0 heterocycles. The second-order valence-electron chi connectivity index (χ2n) is 6.96. The van der Waals surface area contributed by atoms with Gasteiger partial charge in [-0.25, -0.2) is 0 Å². The van der Waals surface area contributed by atoms with E-state index in [1.54, 1.807) is 0 Å². The molecule has 0 aliphatic rings. The Labute approximate surface area is 119 Å². The Bertz CT molecular complexity index is 424. The fraction of sp³-hybridized carbons (Fsp3) is 0.625. The molecule has 0 unspecified atom stereocenters. The Balaban J connectivity index is 3.09. The van der Waals surface area contributed by atoms with Crippen molar-refractivity contribution in [1.82, 2.24) is 0 Å². The van der Waals surface area contributed by atoms with E-state index in [9.17, 15) is 0 Å². The first-order valence-electron chi connectivity index (χ1n) is 7.07. The first-order chi connectivity index (χ1) is 8.58. The van der Waals surface area contributed by atoms with E-state index in [2.05, 4.69) is 59.8 Å². The molecule has 2 nitrogen and oxygen atoms in total. The van der Waals surface area contributed by atoms with Gasteiger partial charge < -0.3 is 10.2 Å². The van der Waals surface area contributed by atoms with Crippen LogP contribution in [0.4, 0.5) is 0 Å². The number of aryl methyl sites for hydroxylation is 2. The molecule has 0 aromatic heterocycles. The minimum Gasteiger partial charge on any atom is -0.543 e. The van der Waals surface area contributed by atoms with E-state index in [1.165, 1.54) is 16.7 Å². The summed E-state index contributed by atoms with van der Waals surface area (Å²) in [5, 5.41) is 0.224. The van der Waals surface area contributed by atoms with Gasteiger partial charge in [-0.1, -0.05) is 32.9 Å². The molecule has 0 radical (unpaired) electrons. The lowest BCUT2D eigenvalue weighted by Gasteiger charge is -2.37. The lowest BCUT2D eigenvalue weighted by molar-refractivity contribution is 0.486. The first-order valence-corrected chi connectivity index (χ1v) is 9.98. The maximum absolute atomic E-state index is 6.47. The van der Waals surface area contributed by atoms with Crippen molar-refractivity contribution in [3.05, 3.63) is 28.8 Å². The first kappa shape index (κ1) is 16.3. The molecule has 0 saturated heterocycles. The Morgan fingerprint density at radius 3 is 1.95 bits per heavy atom. The van der Waals surface area contributed by atoms with Crippen LogP contribution in [0.25, 0.3) is 0 Å². The van der Waals surface area contributed by atoms with Crippen LogP contribution < -0.4 is 10.2 Å². The van der Waals surface area contributed by atoms with Crippen molar-refractivity contribution in [3.8, 4) is 5.75 Å². The molecule has 3 heteroatoms. The van der Waals surface area contributed by atoms with Crippen LogP contribution in [0.5, 0.6) is 5.75 Å². The van der Waals surface area contributed by atoms with Crippen LogP contribution >= 0.6 is 0 Å². The van der Waals surface area contributed by atoms with Gasteiger partial charge in [0.1, 0.15) is 5.75 Å². The quantitative estimate of drug-likeness (QED) is 0.839. The summed E-state index contributed by atoms with van der Waals surface area (Å²) in [6.45, 7) is 16.4. The second kappa shape index (κ2) is 5.67. The van der Waals surface area contributed by atoms with Crippen LogP contribution in [0, 0.1) is 13.8 Å². The summed E-state index contributed by atoms with van der Waals surface area (Å²) in [7, 11) is -1.77. The van der Waals surface area contributed by atoms with Crippen LogP contribution in [0.2, 0.25) is 18.1 Å². The lowest BCUT2D eigenvalue weighted by Crippen LogP contribution is -2.44. The van der Waals surface area contributed by atoms with Crippen molar-refractivity contribution in [1.29, 1.82) is 0 Å². The fourth-order valence-electron chi connectivity index (χ4n) is 1.92. The Hall–Kier alpha value is -0.803. The molecule has 0 amide bonds. The second-order valence-corrected chi connectivity index (χ2v) is 11.7. The minimum absolute atomic E-state index is 0.224. The van der Waals surface area contributed by atoms with Gasteiger partial charge in [0.2, 0.25) is 0 Å². The number of hydrogen-bond donors (Lipinski definition) is 1. The number of rotatable bonds is 4. The lowest BCUT2D eigenvalue weighted by atomic mass is 10.0. The number of hydrogen-bond acceptors (Lipinski definition) is 2. The third-order valence-corrected chi connectivity index (χ3v) is 8.44. The van der Waals surface area contributed by atoms with E-state index in [4.69, 9.17) is 10.2 Å². The monoisotopic (exact) mass is 279 g/mol. The molecule has 0 aliphatic carbocycles. The van der Waals surface area contributed by atoms with Crippen molar-refractivity contribution >= 4 is 8.32 Å². The van der Waals surface area contributed by atoms with E-state index in [0.717, 1.165) is 12.2 Å². The highest BCUT2D eigenvalue weighted by molar-refractivity contribution is 6.74. The Morgan fingerprint density at radius 1 is 1.11 bits per heavy atom. The van der Waals surface area contributed by atoms with Gasteiger partial charge >= 0.3 is 0 Å². The number of benzene rings is 1. The van der Waals surface area contributed by atoms with Crippen LogP contribution in [0.3, 0.4) is 0 Å². The molecule has 0 spiro atoms. The third-order valence-electron chi connectivity index (χ3n) is 4.12. The average molecular weight is 280 g/mol. The van der Waals surface area contributed by atoms with Gasteiger partial charge in [0.05, 0.1) is 0 Å². The summed E-state index contributed by atoms with van der Waals surface area (Å²) in [6, 6.07) is 4.42. The third kappa shape index (κ3) is 3.83. The molecule has 0 atom stereocenters. The van der Waals surface area contributed by atoms with Gasteiger partial charge in [0.15, 0.2) is 0 Å². The van der Waals surface area contributed by atoms with Crippen molar-refractivity contribution < 1.29 is 4.43 Å². The van der Waals surface area contributed by atoms with Gasteiger partial charge in [-0.3, -0.25) is 0 Å². The van der Waals surface area contributed by atoms with Gasteiger partial charge in [-0.2, -0.15) is 0 Å². The topological polar surface area (TPSA) is 35.2 Å². The van der Waals surface area contributed by atoms with E-state index in [1.807, 2.05) is 0 Å². The predicted molar refractivity (Wildman–Crippen MR) is 86.5 cm³/mol. The molecule has 1 aromatic rings. The molecule has 2 N–H and O–H groups in total. The molecule has 1 rings (SSSR count). The fourth-order valence-corrected chi connectivity index (χ4v) is 3.06. The maximum Gasteiger partial charge on any atom is 0.250 e. The van der Waals surface area contributed by atoms with Gasteiger partial charge in [0.25, 0.3) is 8.32 Å². The van der Waals surface area contributed by atoms with Gasteiger partial charge in [-0.15, -0.1) is 0 Å². The van der Waals surface area contributed by atoms with Crippen LogP contribution in [0.1, 0.15) is 37.5 Å². The summed E-state index contributed by atoms with van der Waals surface area (Å²) in [5.41, 5.74) is 9.40. The van der Waals surface area contributed by atoms with Crippen LogP contribution in [-0.2, 0) is 6.42 Å². The zero-order valence-corrected chi connectivity index (χ0v) is 14.6. The van der Waals surface area contributed by atoms with Crippen molar-refractivity contribution in [2.45, 2.75) is 59.2 Å². The average Bonchev–Trinajstić information content (AvgIpc) is 2.22. The number of nitrogens with two attached hydrogens (primary N) is 1. The molecule has 0 saturated carbocycles. The van der Waals surface area contributed by atoms with Crippen molar-refractivity contribution in [2.24, 2.45) is 5.73 Å². The highest BCUT2D eigenvalue weighted by atomic mass is 28.4. The van der Waals surface area contributed by atoms with E-state index in [-0.39, 0.29) is 5.04 Å². The van der Waals surface area contributed by atoms with E-state index >= 15 is 0 Å². The molecule has 19 heavy (non-hydrogen) atoms. The SMILES string of the molecule is Cc1cc(CCN)cc(C)c1O[Si](C)(C)C(C)(C)C. The van der Waals surface area contributed by atoms with Crippen molar-refractivity contribution in [3.63, 3.8) is 0 Å². The van der Waals surface area contributed by atoms with E-state index in [0.29, 0.717) is 6.54 Å². The summed E-state index contributed by atoms with van der Waals surface area (Å²) < 4.78 is 6.47. The summed E-state index contributed by atoms with van der Waals surface area (Å²) in [5.74, 6) is 1.08. The van der Waals surface area contributed by atoms with Gasteiger partial charge in [-0.05, 0) is 61.6 Å². The summed E-state index contributed by atoms with van der Waals surface area (Å²) in [6.07, 6.45) is 0.933. The highest BCUT2D eigenvalue weighted by Crippen LogP contribution is 2.39. The smallest absolute Gasteiger partial charge is 0.250 e. The molecular formula is C16H29NOSi.